The number of ketones is 1. The maximum absolute atomic E-state index is 12.1. The molecular weight excluding hydrogens is 322 g/mol. The lowest BCUT2D eigenvalue weighted by atomic mass is 9.96. The number of para-hydroxylation sites is 1. The second-order valence-corrected chi connectivity index (χ2v) is 6.08. The van der Waals surface area contributed by atoms with Crippen molar-refractivity contribution in [3.8, 4) is 11.5 Å². The SMILES string of the molecule is O=C1CC(c2ccc(ONS(=O)(=O)O)cc2)Oc2ccccc21. The minimum Gasteiger partial charge on any atom is -0.484 e. The van der Waals surface area contributed by atoms with Crippen molar-refractivity contribution in [1.29, 1.82) is 0 Å². The molecule has 0 spiro atoms. The Morgan fingerprint density at radius 3 is 2.52 bits per heavy atom. The molecule has 7 nitrogen and oxygen atoms in total. The van der Waals surface area contributed by atoms with Crippen LogP contribution in [0.15, 0.2) is 48.5 Å². The van der Waals surface area contributed by atoms with Crippen LogP contribution in [-0.4, -0.2) is 18.8 Å². The smallest absolute Gasteiger partial charge is 0.364 e. The van der Waals surface area contributed by atoms with Gasteiger partial charge in [0.2, 0.25) is 0 Å². The molecular formula is C15H13NO6S. The van der Waals surface area contributed by atoms with Gasteiger partial charge in [0.1, 0.15) is 17.6 Å². The first-order chi connectivity index (χ1) is 10.9. The van der Waals surface area contributed by atoms with Gasteiger partial charge in [0, 0.05) is 0 Å². The monoisotopic (exact) mass is 335 g/mol. The van der Waals surface area contributed by atoms with E-state index in [-0.39, 0.29) is 18.0 Å². The number of ether oxygens (including phenoxy) is 1. The number of nitrogens with one attached hydrogen (secondary N) is 1. The van der Waals surface area contributed by atoms with E-state index in [9.17, 15) is 13.2 Å². The second-order valence-electron chi connectivity index (χ2n) is 4.96. The molecule has 1 heterocycles. The molecule has 1 aliphatic heterocycles. The third-order valence-electron chi connectivity index (χ3n) is 3.34. The van der Waals surface area contributed by atoms with Crippen LogP contribution in [-0.2, 0) is 10.3 Å². The minimum absolute atomic E-state index is 0.00483. The van der Waals surface area contributed by atoms with Crippen molar-refractivity contribution in [3.05, 3.63) is 59.7 Å². The molecule has 0 fully saturated rings. The molecule has 0 bridgehead atoms. The van der Waals surface area contributed by atoms with E-state index in [1.807, 2.05) is 0 Å². The molecule has 0 radical (unpaired) electrons. The summed E-state index contributed by atoms with van der Waals surface area (Å²) in [6.07, 6.45) is -0.193. The van der Waals surface area contributed by atoms with Crippen LogP contribution in [0.1, 0.15) is 28.4 Å². The average Bonchev–Trinajstić information content (AvgIpc) is 2.53. The Labute approximate surface area is 132 Å². The van der Waals surface area contributed by atoms with Gasteiger partial charge in [-0.1, -0.05) is 24.3 Å². The van der Waals surface area contributed by atoms with Crippen molar-refractivity contribution in [2.75, 3.05) is 0 Å². The van der Waals surface area contributed by atoms with Gasteiger partial charge in [0.15, 0.2) is 5.78 Å². The largest absolute Gasteiger partial charge is 0.484 e. The van der Waals surface area contributed by atoms with E-state index >= 15 is 0 Å². The van der Waals surface area contributed by atoms with Crippen molar-refractivity contribution < 1.29 is 27.3 Å². The van der Waals surface area contributed by atoms with Gasteiger partial charge in [-0.25, -0.2) is 0 Å². The molecule has 2 aromatic rings. The first kappa shape index (κ1) is 15.5. The lowest BCUT2D eigenvalue weighted by molar-refractivity contribution is 0.0850. The Morgan fingerprint density at radius 2 is 1.83 bits per heavy atom. The highest BCUT2D eigenvalue weighted by atomic mass is 32.2. The molecule has 1 unspecified atom stereocenters. The highest BCUT2D eigenvalue weighted by molar-refractivity contribution is 7.83. The van der Waals surface area contributed by atoms with E-state index in [0.717, 1.165) is 5.56 Å². The van der Waals surface area contributed by atoms with Crippen LogP contribution < -0.4 is 14.5 Å². The third kappa shape index (κ3) is 3.67. The summed E-state index contributed by atoms with van der Waals surface area (Å²) in [7, 11) is -4.44. The van der Waals surface area contributed by atoms with Crippen LogP contribution in [0.25, 0.3) is 0 Å². The molecule has 0 aromatic heterocycles. The van der Waals surface area contributed by atoms with Crippen LogP contribution in [0.2, 0.25) is 0 Å². The summed E-state index contributed by atoms with van der Waals surface area (Å²) in [6.45, 7) is 0. The average molecular weight is 335 g/mol. The summed E-state index contributed by atoms with van der Waals surface area (Å²) >= 11 is 0. The predicted molar refractivity (Wildman–Crippen MR) is 80.5 cm³/mol. The molecule has 3 rings (SSSR count). The Hall–Kier alpha value is -2.42. The van der Waals surface area contributed by atoms with Crippen molar-refractivity contribution in [2.45, 2.75) is 12.5 Å². The van der Waals surface area contributed by atoms with E-state index in [1.165, 1.54) is 17.0 Å². The van der Waals surface area contributed by atoms with Gasteiger partial charge >= 0.3 is 10.3 Å². The van der Waals surface area contributed by atoms with Crippen LogP contribution in [0.4, 0.5) is 0 Å². The Kier molecular flexibility index (Phi) is 4.03. The zero-order valence-corrected chi connectivity index (χ0v) is 12.6. The van der Waals surface area contributed by atoms with Crippen molar-refractivity contribution in [1.82, 2.24) is 4.89 Å². The number of fused-ring (bicyclic) bond motifs is 1. The molecule has 0 saturated carbocycles. The Bertz CT molecular complexity index is 831. The van der Waals surface area contributed by atoms with Gasteiger partial charge in [-0.15, -0.1) is 0 Å². The van der Waals surface area contributed by atoms with E-state index in [2.05, 4.69) is 0 Å². The van der Waals surface area contributed by atoms with Gasteiger partial charge in [-0.3, -0.25) is 9.35 Å². The number of Topliss-reactive ketones (excluding diaryl/α,β-unsaturated/α-hetero) is 1. The molecule has 1 atom stereocenters. The lowest BCUT2D eigenvalue weighted by Gasteiger charge is -2.25. The van der Waals surface area contributed by atoms with Crippen LogP contribution >= 0.6 is 0 Å². The Balaban J connectivity index is 1.75. The molecule has 0 amide bonds. The normalized spacial score (nSPS) is 17.3. The highest BCUT2D eigenvalue weighted by Crippen LogP contribution is 2.34. The van der Waals surface area contributed by atoms with Gasteiger partial charge in [-0.05, 0) is 34.7 Å². The first-order valence-corrected chi connectivity index (χ1v) is 8.16. The molecule has 2 aromatic carbocycles. The van der Waals surface area contributed by atoms with Crippen molar-refractivity contribution in [2.24, 2.45) is 0 Å². The van der Waals surface area contributed by atoms with E-state index in [0.29, 0.717) is 11.3 Å². The number of carbonyl (C=O) groups is 1. The van der Waals surface area contributed by atoms with Gasteiger partial charge in [-0.2, -0.15) is 8.42 Å². The first-order valence-electron chi connectivity index (χ1n) is 6.72. The molecule has 1 aliphatic rings. The lowest BCUT2D eigenvalue weighted by Crippen LogP contribution is -2.26. The standard InChI is InChI=1S/C15H13NO6S/c17-13-9-15(21-14-4-2-1-3-12(13)14)10-5-7-11(8-6-10)22-16-23(18,19)20/h1-8,15-16H,9H2,(H,18,19,20). The summed E-state index contributed by atoms with van der Waals surface area (Å²) in [5.41, 5.74) is 1.33. The van der Waals surface area contributed by atoms with Gasteiger partial charge < -0.3 is 9.57 Å². The maximum Gasteiger partial charge on any atom is 0.364 e. The molecule has 8 heteroatoms. The fourth-order valence-electron chi connectivity index (χ4n) is 2.31. The predicted octanol–water partition coefficient (Wildman–Crippen LogP) is 2.08. The summed E-state index contributed by atoms with van der Waals surface area (Å²) in [5.74, 6) is 0.737. The van der Waals surface area contributed by atoms with E-state index in [1.54, 1.807) is 36.4 Å². The number of benzene rings is 2. The summed E-state index contributed by atoms with van der Waals surface area (Å²) < 4.78 is 35.4. The van der Waals surface area contributed by atoms with E-state index in [4.69, 9.17) is 14.1 Å². The van der Waals surface area contributed by atoms with Crippen molar-refractivity contribution >= 4 is 16.1 Å². The number of hydrogen-bond acceptors (Lipinski definition) is 5. The number of carbonyl (C=O) groups excluding carboxylic acids is 1. The molecule has 120 valence electrons. The van der Waals surface area contributed by atoms with Gasteiger partial charge in [0.05, 0.1) is 12.0 Å². The zero-order valence-electron chi connectivity index (χ0n) is 11.8. The minimum atomic E-state index is -4.44. The van der Waals surface area contributed by atoms with Crippen molar-refractivity contribution in [3.63, 3.8) is 0 Å². The summed E-state index contributed by atoms with van der Waals surface area (Å²) in [5, 5.41) is 0. The Morgan fingerprint density at radius 1 is 1.13 bits per heavy atom. The second kappa shape index (κ2) is 5.99. The zero-order chi connectivity index (χ0) is 16.4. The van der Waals surface area contributed by atoms with Crippen LogP contribution in [0.5, 0.6) is 11.5 Å². The highest BCUT2D eigenvalue weighted by Gasteiger charge is 2.27. The fourth-order valence-corrected chi connectivity index (χ4v) is 2.51. The molecule has 0 aliphatic carbocycles. The van der Waals surface area contributed by atoms with Crippen LogP contribution in [0.3, 0.4) is 0 Å². The fraction of sp³-hybridized carbons (Fsp3) is 0.133. The molecule has 23 heavy (non-hydrogen) atoms. The number of hydrogen-bond donors (Lipinski definition) is 2. The summed E-state index contributed by atoms with van der Waals surface area (Å²) in [4.78, 5) is 18.3. The van der Waals surface area contributed by atoms with Crippen LogP contribution in [0, 0.1) is 0 Å². The third-order valence-corrected chi connectivity index (χ3v) is 3.64. The van der Waals surface area contributed by atoms with E-state index < -0.39 is 16.4 Å². The molecule has 0 saturated heterocycles. The summed E-state index contributed by atoms with van der Waals surface area (Å²) in [6, 6.07) is 13.4. The number of rotatable bonds is 4. The molecule has 2 N–H and O–H groups in total. The van der Waals surface area contributed by atoms with Gasteiger partial charge in [0.25, 0.3) is 0 Å². The quantitative estimate of drug-likeness (QED) is 0.655. The maximum atomic E-state index is 12.1. The topological polar surface area (TPSA) is 102 Å².